The first-order valence-corrected chi connectivity index (χ1v) is 11.6. The molecule has 11 nitrogen and oxygen atoms in total. The van der Waals surface area contributed by atoms with Gasteiger partial charge in [-0.3, -0.25) is 9.69 Å². The molecule has 34 heavy (non-hydrogen) atoms. The second kappa shape index (κ2) is 13.1. The standard InChI is InChI=1S/C23H32N4O7/c1-3-31-18(28)12-8-5-9-13-32-20-17(14-25-26-24)33-22(30-2)19-21(20)34-23(29)27(19)15-16-10-6-4-7-11-16/h4,6-7,10-11,17,19-22H,3,5,8-9,12-15H2,1-2H3/t17-,19-,20-,21-,22+/m1/s1. The molecule has 0 spiro atoms. The molecule has 0 bridgehead atoms. The summed E-state index contributed by atoms with van der Waals surface area (Å²) in [7, 11) is 1.50. The molecule has 1 aromatic carbocycles. The van der Waals surface area contributed by atoms with Crippen LogP contribution in [-0.2, 0) is 35.0 Å². The monoisotopic (exact) mass is 476 g/mol. The third-order valence-corrected chi connectivity index (χ3v) is 5.84. The maximum atomic E-state index is 12.8. The Kier molecular flexibility index (Phi) is 9.96. The highest BCUT2D eigenvalue weighted by molar-refractivity contribution is 5.71. The Morgan fingerprint density at radius 3 is 2.74 bits per heavy atom. The third kappa shape index (κ3) is 6.60. The second-order valence-electron chi connectivity index (χ2n) is 8.10. The van der Waals surface area contributed by atoms with E-state index >= 15 is 0 Å². The van der Waals surface area contributed by atoms with Gasteiger partial charge in [-0.25, -0.2) is 4.79 Å². The smallest absolute Gasteiger partial charge is 0.411 e. The Bertz CT molecular complexity index is 849. The van der Waals surface area contributed by atoms with Crippen LogP contribution in [0.25, 0.3) is 10.4 Å². The minimum atomic E-state index is -0.761. The molecule has 3 rings (SSSR count). The number of fused-ring (bicyclic) bond motifs is 1. The molecule has 11 heteroatoms. The maximum Gasteiger partial charge on any atom is 0.411 e. The van der Waals surface area contributed by atoms with Gasteiger partial charge in [0.25, 0.3) is 0 Å². The summed E-state index contributed by atoms with van der Waals surface area (Å²) in [6.45, 7) is 2.89. The number of unbranched alkanes of at least 4 members (excludes halogenated alkanes) is 2. The lowest BCUT2D eigenvalue weighted by atomic mass is 9.95. The lowest BCUT2D eigenvalue weighted by Gasteiger charge is -2.43. The Hall–Kier alpha value is -2.85. The van der Waals surface area contributed by atoms with Crippen LogP contribution in [0, 0.1) is 0 Å². The summed E-state index contributed by atoms with van der Waals surface area (Å²) >= 11 is 0. The van der Waals surface area contributed by atoms with E-state index in [1.807, 2.05) is 30.3 Å². The summed E-state index contributed by atoms with van der Waals surface area (Å²) in [5.41, 5.74) is 9.75. The number of ether oxygens (including phenoxy) is 5. The first-order chi connectivity index (χ1) is 16.6. The van der Waals surface area contributed by atoms with Gasteiger partial charge in [0.2, 0.25) is 0 Å². The second-order valence-corrected chi connectivity index (χ2v) is 8.10. The fourth-order valence-corrected chi connectivity index (χ4v) is 4.27. The predicted octanol–water partition coefficient (Wildman–Crippen LogP) is 3.57. The molecule has 1 amide bonds. The Morgan fingerprint density at radius 1 is 1.24 bits per heavy atom. The van der Waals surface area contributed by atoms with Crippen LogP contribution in [0.1, 0.15) is 38.2 Å². The van der Waals surface area contributed by atoms with Crippen molar-refractivity contribution >= 4 is 12.1 Å². The van der Waals surface area contributed by atoms with Crippen LogP contribution in [-0.4, -0.2) is 74.5 Å². The van der Waals surface area contributed by atoms with Crippen LogP contribution < -0.4 is 0 Å². The molecule has 1 aromatic rings. The summed E-state index contributed by atoms with van der Waals surface area (Å²) in [6, 6.07) is 9.06. The highest BCUT2D eigenvalue weighted by Crippen LogP contribution is 2.36. The first-order valence-electron chi connectivity index (χ1n) is 11.6. The highest BCUT2D eigenvalue weighted by atomic mass is 16.7. The average Bonchev–Trinajstić information content (AvgIpc) is 3.16. The van der Waals surface area contributed by atoms with Crippen LogP contribution in [0.5, 0.6) is 0 Å². The van der Waals surface area contributed by atoms with E-state index < -0.39 is 36.7 Å². The molecule has 0 saturated carbocycles. The molecule has 2 aliphatic rings. The first kappa shape index (κ1) is 25.8. The van der Waals surface area contributed by atoms with E-state index in [9.17, 15) is 9.59 Å². The molecule has 0 aromatic heterocycles. The van der Waals surface area contributed by atoms with Gasteiger partial charge < -0.3 is 23.7 Å². The van der Waals surface area contributed by atoms with E-state index in [0.29, 0.717) is 39.0 Å². The van der Waals surface area contributed by atoms with Gasteiger partial charge >= 0.3 is 12.1 Å². The zero-order valence-electron chi connectivity index (χ0n) is 19.6. The van der Waals surface area contributed by atoms with Gasteiger partial charge in [-0.05, 0) is 30.9 Å². The Labute approximate surface area is 198 Å². The fraction of sp³-hybridized carbons (Fsp3) is 0.652. The molecule has 186 valence electrons. The number of carbonyl (C=O) groups excluding carboxylic acids is 2. The van der Waals surface area contributed by atoms with Crippen molar-refractivity contribution in [2.24, 2.45) is 5.11 Å². The van der Waals surface area contributed by atoms with Gasteiger partial charge in [0.15, 0.2) is 12.4 Å². The van der Waals surface area contributed by atoms with Crippen LogP contribution in [0.15, 0.2) is 35.4 Å². The van der Waals surface area contributed by atoms with Crippen molar-refractivity contribution in [3.63, 3.8) is 0 Å². The topological polar surface area (TPSA) is 132 Å². The molecular formula is C23H32N4O7. The number of esters is 1. The molecule has 0 aliphatic carbocycles. The zero-order valence-corrected chi connectivity index (χ0v) is 19.6. The number of methoxy groups -OCH3 is 1. The lowest BCUT2D eigenvalue weighted by molar-refractivity contribution is -0.259. The number of hydrogen-bond donors (Lipinski definition) is 0. The molecule has 0 unspecified atom stereocenters. The van der Waals surface area contributed by atoms with Crippen molar-refractivity contribution in [1.82, 2.24) is 4.90 Å². The van der Waals surface area contributed by atoms with E-state index in [0.717, 1.165) is 12.0 Å². The quantitative estimate of drug-likeness (QED) is 0.140. The SMILES string of the molecule is CCOC(=O)CCCCCO[C@H]1[C@@H]2OC(=O)N(Cc3ccccc3)[C@H]2[C@@H](OC)O[C@@H]1CN=[N+]=[N-]. The van der Waals surface area contributed by atoms with E-state index in [4.69, 9.17) is 29.2 Å². The summed E-state index contributed by atoms with van der Waals surface area (Å²) in [5.74, 6) is -0.205. The molecule has 2 fully saturated rings. The minimum absolute atomic E-state index is 0.0172. The van der Waals surface area contributed by atoms with Gasteiger partial charge in [0.05, 0.1) is 19.3 Å². The zero-order chi connectivity index (χ0) is 24.3. The van der Waals surface area contributed by atoms with Crippen molar-refractivity contribution in [2.45, 2.75) is 69.8 Å². The summed E-state index contributed by atoms with van der Waals surface area (Å²) in [5, 5.41) is 3.64. The summed E-state index contributed by atoms with van der Waals surface area (Å²) in [6.07, 6.45) is -0.592. The predicted molar refractivity (Wildman–Crippen MR) is 121 cm³/mol. The fourth-order valence-electron chi connectivity index (χ4n) is 4.27. The number of rotatable bonds is 13. The largest absolute Gasteiger partial charge is 0.466 e. The van der Waals surface area contributed by atoms with E-state index in [1.165, 1.54) is 7.11 Å². The van der Waals surface area contributed by atoms with Gasteiger partial charge in [0, 0.05) is 31.6 Å². The van der Waals surface area contributed by atoms with Gasteiger partial charge in [0.1, 0.15) is 12.1 Å². The van der Waals surface area contributed by atoms with Crippen molar-refractivity contribution in [2.75, 3.05) is 26.9 Å². The molecule has 0 radical (unpaired) electrons. The Morgan fingerprint density at radius 2 is 2.03 bits per heavy atom. The number of nitrogens with zero attached hydrogens (tertiary/aromatic N) is 4. The molecule has 5 atom stereocenters. The van der Waals surface area contributed by atoms with E-state index in [1.54, 1.807) is 11.8 Å². The van der Waals surface area contributed by atoms with Crippen LogP contribution >= 0.6 is 0 Å². The van der Waals surface area contributed by atoms with Gasteiger partial charge in [-0.1, -0.05) is 41.9 Å². The van der Waals surface area contributed by atoms with Crippen molar-refractivity contribution in [3.05, 3.63) is 46.3 Å². The highest BCUT2D eigenvalue weighted by Gasteiger charge is 2.56. The molecular weight excluding hydrogens is 444 g/mol. The molecule has 0 N–H and O–H groups in total. The number of hydrogen-bond acceptors (Lipinski definition) is 8. The molecule has 2 heterocycles. The number of amides is 1. The molecule has 2 saturated heterocycles. The normalized spacial score (nSPS) is 25.9. The minimum Gasteiger partial charge on any atom is -0.466 e. The molecule has 2 aliphatic heterocycles. The average molecular weight is 477 g/mol. The lowest BCUT2D eigenvalue weighted by Crippen LogP contribution is -2.61. The number of azide groups is 1. The maximum absolute atomic E-state index is 12.8. The summed E-state index contributed by atoms with van der Waals surface area (Å²) < 4.78 is 28.4. The number of carbonyl (C=O) groups is 2. The van der Waals surface area contributed by atoms with Gasteiger partial charge in [-0.2, -0.15) is 0 Å². The number of benzene rings is 1. The van der Waals surface area contributed by atoms with Crippen LogP contribution in [0.2, 0.25) is 0 Å². The van der Waals surface area contributed by atoms with E-state index in [-0.39, 0.29) is 12.5 Å². The third-order valence-electron chi connectivity index (χ3n) is 5.84. The van der Waals surface area contributed by atoms with Crippen molar-refractivity contribution < 1.29 is 33.3 Å². The van der Waals surface area contributed by atoms with Crippen molar-refractivity contribution in [3.8, 4) is 0 Å². The van der Waals surface area contributed by atoms with Crippen LogP contribution in [0.3, 0.4) is 0 Å². The van der Waals surface area contributed by atoms with Crippen LogP contribution in [0.4, 0.5) is 4.79 Å². The van der Waals surface area contributed by atoms with E-state index in [2.05, 4.69) is 10.0 Å². The Balaban J connectivity index is 1.65. The van der Waals surface area contributed by atoms with Crippen molar-refractivity contribution in [1.29, 1.82) is 0 Å². The summed E-state index contributed by atoms with van der Waals surface area (Å²) in [4.78, 5) is 28.7. The van der Waals surface area contributed by atoms with Gasteiger partial charge in [-0.15, -0.1) is 0 Å².